The van der Waals surface area contributed by atoms with Crippen molar-refractivity contribution in [3.8, 4) is 0 Å². The number of anilines is 3. The molecule has 8 nitrogen and oxygen atoms in total. The van der Waals surface area contributed by atoms with E-state index in [2.05, 4.69) is 14.8 Å². The topological polar surface area (TPSA) is 121 Å². The molecule has 0 saturated carbocycles. The fourth-order valence-corrected chi connectivity index (χ4v) is 7.21. The normalized spacial score (nSPS) is 13.0. The number of carbonyl (C=O) groups is 1. The first kappa shape index (κ1) is 24.8. The molecular formula is C27H25N3O5S2. The fraction of sp³-hybridized carbons (Fsp3) is 0.148. The summed E-state index contributed by atoms with van der Waals surface area (Å²) < 4.78 is 59.9. The van der Waals surface area contributed by atoms with Crippen molar-refractivity contribution in [3.05, 3.63) is 88.5 Å². The third kappa shape index (κ3) is 4.11. The Morgan fingerprint density at radius 3 is 1.76 bits per heavy atom. The first-order valence-electron chi connectivity index (χ1n) is 11.5. The average molecular weight is 536 g/mol. The quantitative estimate of drug-likeness (QED) is 0.312. The molecule has 1 aliphatic rings. The Morgan fingerprint density at radius 1 is 0.676 bits per heavy atom. The molecule has 0 aromatic heterocycles. The average Bonchev–Trinajstić information content (AvgIpc) is 3.17. The van der Waals surface area contributed by atoms with Gasteiger partial charge in [0.05, 0.1) is 22.0 Å². The maximum absolute atomic E-state index is 13.7. The maximum atomic E-state index is 13.7. The summed E-state index contributed by atoms with van der Waals surface area (Å²) in [6.07, 6.45) is 0. The van der Waals surface area contributed by atoms with Crippen molar-refractivity contribution in [1.29, 1.82) is 0 Å². The lowest BCUT2D eigenvalue weighted by molar-refractivity contribution is 0.103. The van der Waals surface area contributed by atoms with Crippen LogP contribution in [0.3, 0.4) is 0 Å². The Labute approximate surface area is 215 Å². The molecule has 5 rings (SSSR count). The molecule has 0 aliphatic carbocycles. The van der Waals surface area contributed by atoms with E-state index in [1.165, 1.54) is 6.07 Å². The molecule has 10 heteroatoms. The van der Waals surface area contributed by atoms with Crippen molar-refractivity contribution in [1.82, 2.24) is 0 Å². The van der Waals surface area contributed by atoms with Crippen molar-refractivity contribution in [2.24, 2.45) is 0 Å². The van der Waals surface area contributed by atoms with Gasteiger partial charge in [-0.15, -0.1) is 0 Å². The second-order valence-corrected chi connectivity index (χ2v) is 12.4. The van der Waals surface area contributed by atoms with Gasteiger partial charge >= 0.3 is 0 Å². The van der Waals surface area contributed by atoms with Crippen LogP contribution in [0.2, 0.25) is 0 Å². The van der Waals surface area contributed by atoms with Gasteiger partial charge in [0.25, 0.3) is 26.0 Å². The lowest BCUT2D eigenvalue weighted by Gasteiger charge is -2.18. The number of hydrogen-bond acceptors (Lipinski definition) is 5. The third-order valence-electron chi connectivity index (χ3n) is 6.85. The highest BCUT2D eigenvalue weighted by atomic mass is 32.2. The molecular weight excluding hydrogens is 510 g/mol. The van der Waals surface area contributed by atoms with E-state index < -0.39 is 26.0 Å². The van der Waals surface area contributed by atoms with Crippen molar-refractivity contribution < 1.29 is 21.6 Å². The molecule has 0 saturated heterocycles. The summed E-state index contributed by atoms with van der Waals surface area (Å²) in [4.78, 5) is 12.1. The van der Waals surface area contributed by atoms with Crippen molar-refractivity contribution >= 4 is 53.8 Å². The number of nitrogens with one attached hydrogen (secondary N) is 3. The van der Waals surface area contributed by atoms with Gasteiger partial charge in [0.2, 0.25) is 0 Å². The monoisotopic (exact) mass is 535 g/mol. The third-order valence-corrected chi connectivity index (χ3v) is 9.64. The van der Waals surface area contributed by atoms with Crippen LogP contribution < -0.4 is 14.8 Å². The molecule has 0 radical (unpaired) electrons. The SMILES string of the molecule is Cc1cccc(NS(=O)(=O)c2cc(S(=O)(=O)Nc3cccc(C)c3C)c3cccc4c3c2NC4=O)c1C. The van der Waals surface area contributed by atoms with Gasteiger partial charge in [-0.2, -0.15) is 0 Å². The van der Waals surface area contributed by atoms with Gasteiger partial charge in [-0.3, -0.25) is 14.2 Å². The predicted molar refractivity (Wildman–Crippen MR) is 145 cm³/mol. The van der Waals surface area contributed by atoms with Gasteiger partial charge in [-0.05, 0) is 74.2 Å². The standard InChI is InChI=1S/C27H25N3O5S2/c1-15-8-5-12-21(17(15)3)29-36(32,33)23-14-24(26-25-19(23)10-7-11-20(25)27(31)28-26)37(34,35)30-22-13-6-9-16(2)18(22)4/h5-14,29-30H,1-4H3,(H,28,31). The summed E-state index contributed by atoms with van der Waals surface area (Å²) in [7, 11) is -8.56. The number of benzene rings is 4. The number of aryl methyl sites for hydroxylation is 2. The molecule has 0 unspecified atom stereocenters. The number of hydrogen-bond donors (Lipinski definition) is 3. The Balaban J connectivity index is 1.74. The Bertz CT molecular complexity index is 1850. The van der Waals surface area contributed by atoms with Crippen LogP contribution in [0, 0.1) is 27.7 Å². The zero-order chi connectivity index (χ0) is 26.7. The highest BCUT2D eigenvalue weighted by Crippen LogP contribution is 2.42. The summed E-state index contributed by atoms with van der Waals surface area (Å²) in [5.41, 5.74) is 4.28. The van der Waals surface area contributed by atoms with E-state index in [1.54, 1.807) is 50.2 Å². The van der Waals surface area contributed by atoms with Crippen LogP contribution in [-0.2, 0) is 20.0 Å². The lowest BCUT2D eigenvalue weighted by atomic mass is 10.1. The first-order valence-corrected chi connectivity index (χ1v) is 14.5. The van der Waals surface area contributed by atoms with Crippen LogP contribution in [0.5, 0.6) is 0 Å². The second-order valence-electron chi connectivity index (χ2n) is 9.14. The second kappa shape index (κ2) is 8.60. The Morgan fingerprint density at radius 2 is 1.19 bits per heavy atom. The van der Waals surface area contributed by atoms with Crippen LogP contribution in [-0.4, -0.2) is 22.7 Å². The van der Waals surface area contributed by atoms with Crippen LogP contribution in [0.1, 0.15) is 32.6 Å². The molecule has 0 spiro atoms. The van der Waals surface area contributed by atoms with Gasteiger partial charge in [0, 0.05) is 16.3 Å². The van der Waals surface area contributed by atoms with E-state index in [1.807, 2.05) is 26.0 Å². The number of amides is 1. The molecule has 0 bridgehead atoms. The molecule has 37 heavy (non-hydrogen) atoms. The van der Waals surface area contributed by atoms with E-state index >= 15 is 0 Å². The Hall–Kier alpha value is -3.89. The molecule has 190 valence electrons. The van der Waals surface area contributed by atoms with Gasteiger partial charge in [-0.1, -0.05) is 36.4 Å². The predicted octanol–water partition coefficient (Wildman–Crippen LogP) is 5.24. The summed E-state index contributed by atoms with van der Waals surface area (Å²) in [6.45, 7) is 7.32. The highest BCUT2D eigenvalue weighted by molar-refractivity contribution is 7.93. The zero-order valence-corrected chi connectivity index (χ0v) is 22.3. The van der Waals surface area contributed by atoms with E-state index in [0.717, 1.165) is 28.3 Å². The summed E-state index contributed by atoms with van der Waals surface area (Å²) >= 11 is 0. The van der Waals surface area contributed by atoms with Gasteiger partial charge in [-0.25, -0.2) is 16.8 Å². The Kier molecular flexibility index (Phi) is 5.76. The minimum absolute atomic E-state index is 0.0547. The largest absolute Gasteiger partial charge is 0.320 e. The molecule has 4 aromatic carbocycles. The van der Waals surface area contributed by atoms with Crippen LogP contribution >= 0.6 is 0 Å². The molecule has 3 N–H and O–H groups in total. The van der Waals surface area contributed by atoms with Gasteiger partial charge in [0.1, 0.15) is 4.90 Å². The minimum Gasteiger partial charge on any atom is -0.320 e. The van der Waals surface area contributed by atoms with E-state index in [-0.39, 0.29) is 31.8 Å². The summed E-state index contributed by atoms with van der Waals surface area (Å²) in [5.74, 6) is -0.499. The van der Waals surface area contributed by atoms with Crippen LogP contribution in [0.15, 0.2) is 70.5 Å². The smallest absolute Gasteiger partial charge is 0.264 e. The van der Waals surface area contributed by atoms with Crippen LogP contribution in [0.4, 0.5) is 17.1 Å². The molecule has 0 fully saturated rings. The fourth-order valence-electron chi connectivity index (χ4n) is 4.47. The van der Waals surface area contributed by atoms with E-state index in [0.29, 0.717) is 11.4 Å². The number of rotatable bonds is 6. The van der Waals surface area contributed by atoms with Crippen molar-refractivity contribution in [2.75, 3.05) is 14.8 Å². The van der Waals surface area contributed by atoms with Crippen molar-refractivity contribution in [3.63, 3.8) is 0 Å². The molecule has 1 heterocycles. The van der Waals surface area contributed by atoms with Gasteiger partial charge in [0.15, 0.2) is 0 Å². The summed E-state index contributed by atoms with van der Waals surface area (Å²) in [5, 5.41) is 3.12. The van der Waals surface area contributed by atoms with E-state index in [4.69, 9.17) is 0 Å². The van der Waals surface area contributed by atoms with E-state index in [9.17, 15) is 21.6 Å². The minimum atomic E-state index is -4.30. The molecule has 1 aliphatic heterocycles. The van der Waals surface area contributed by atoms with Gasteiger partial charge < -0.3 is 5.32 Å². The molecule has 4 aromatic rings. The first-order chi connectivity index (χ1) is 17.4. The van der Waals surface area contributed by atoms with Crippen LogP contribution in [0.25, 0.3) is 10.8 Å². The molecule has 1 amide bonds. The number of sulfonamides is 2. The zero-order valence-electron chi connectivity index (χ0n) is 20.6. The highest BCUT2D eigenvalue weighted by Gasteiger charge is 2.34. The van der Waals surface area contributed by atoms with Crippen molar-refractivity contribution in [2.45, 2.75) is 37.5 Å². The molecule has 0 atom stereocenters. The maximum Gasteiger partial charge on any atom is 0.264 e. The number of carbonyl (C=O) groups excluding carboxylic acids is 1. The lowest BCUT2D eigenvalue weighted by Crippen LogP contribution is -2.19. The summed E-state index contributed by atoms with van der Waals surface area (Å²) in [6, 6.07) is 16.2.